The highest BCUT2D eigenvalue weighted by Gasteiger charge is 2.29. The molecular formula is C9H16O5. The summed E-state index contributed by atoms with van der Waals surface area (Å²) in [6, 6.07) is 0. The monoisotopic (exact) mass is 204 g/mol. The van der Waals surface area contributed by atoms with Gasteiger partial charge in [-0.05, 0) is 6.92 Å². The zero-order valence-corrected chi connectivity index (χ0v) is 8.14. The van der Waals surface area contributed by atoms with Crippen LogP contribution in [0.2, 0.25) is 0 Å². The molecule has 0 aromatic rings. The van der Waals surface area contributed by atoms with Crippen molar-refractivity contribution in [2.24, 2.45) is 5.41 Å². The second kappa shape index (κ2) is 6.53. The molecule has 0 amide bonds. The van der Waals surface area contributed by atoms with E-state index in [2.05, 4.69) is 0 Å². The SMILES string of the molecule is C/C=C\C(=O)OCC(CO)(CO)CO. The Labute approximate surface area is 82.6 Å². The molecule has 0 radical (unpaired) electrons. The first-order chi connectivity index (χ1) is 6.64. The van der Waals surface area contributed by atoms with Gasteiger partial charge in [-0.1, -0.05) is 6.08 Å². The summed E-state index contributed by atoms with van der Waals surface area (Å²) in [4.78, 5) is 10.9. The number of ether oxygens (including phenoxy) is 1. The lowest BCUT2D eigenvalue weighted by Gasteiger charge is -2.26. The largest absolute Gasteiger partial charge is 0.462 e. The molecule has 0 saturated carbocycles. The minimum atomic E-state index is -1.16. The standard InChI is InChI=1S/C9H16O5/c1-2-3-8(13)14-7-9(4-10,5-11)6-12/h2-3,10-12H,4-7H2,1H3/b3-2-. The van der Waals surface area contributed by atoms with Crippen LogP contribution in [0.4, 0.5) is 0 Å². The first-order valence-electron chi connectivity index (χ1n) is 4.26. The predicted octanol–water partition coefficient (Wildman–Crippen LogP) is -0.931. The number of carbonyl (C=O) groups excluding carboxylic acids is 1. The summed E-state index contributed by atoms with van der Waals surface area (Å²) < 4.78 is 4.71. The van der Waals surface area contributed by atoms with E-state index in [1.54, 1.807) is 6.92 Å². The van der Waals surface area contributed by atoms with E-state index in [9.17, 15) is 4.79 Å². The van der Waals surface area contributed by atoms with Crippen molar-refractivity contribution < 1.29 is 24.9 Å². The van der Waals surface area contributed by atoms with Crippen LogP contribution < -0.4 is 0 Å². The van der Waals surface area contributed by atoms with Crippen LogP contribution in [0.15, 0.2) is 12.2 Å². The Kier molecular flexibility index (Phi) is 6.11. The number of allylic oxidation sites excluding steroid dienone is 1. The number of hydrogen-bond donors (Lipinski definition) is 3. The van der Waals surface area contributed by atoms with Gasteiger partial charge >= 0.3 is 5.97 Å². The van der Waals surface area contributed by atoms with Crippen molar-refractivity contribution in [1.29, 1.82) is 0 Å². The van der Waals surface area contributed by atoms with Gasteiger partial charge in [0.2, 0.25) is 0 Å². The molecule has 0 unspecified atom stereocenters. The summed E-state index contributed by atoms with van der Waals surface area (Å²) in [5.74, 6) is -0.563. The molecule has 0 aromatic heterocycles. The number of rotatable bonds is 6. The fourth-order valence-corrected chi connectivity index (χ4v) is 0.695. The molecule has 0 spiro atoms. The van der Waals surface area contributed by atoms with Gasteiger partial charge < -0.3 is 20.1 Å². The van der Waals surface area contributed by atoms with E-state index in [-0.39, 0.29) is 6.61 Å². The van der Waals surface area contributed by atoms with E-state index in [4.69, 9.17) is 20.1 Å². The number of esters is 1. The topological polar surface area (TPSA) is 87.0 Å². The second-order valence-electron chi connectivity index (χ2n) is 3.08. The third-order valence-electron chi connectivity index (χ3n) is 1.83. The van der Waals surface area contributed by atoms with Crippen molar-refractivity contribution in [2.45, 2.75) is 6.92 Å². The Morgan fingerprint density at radius 1 is 1.29 bits per heavy atom. The maximum atomic E-state index is 10.9. The van der Waals surface area contributed by atoms with Crippen molar-refractivity contribution in [1.82, 2.24) is 0 Å². The van der Waals surface area contributed by atoms with Crippen molar-refractivity contribution in [2.75, 3.05) is 26.4 Å². The summed E-state index contributed by atoms with van der Waals surface area (Å²) in [5, 5.41) is 26.7. The molecule has 0 fully saturated rings. The molecule has 0 atom stereocenters. The van der Waals surface area contributed by atoms with E-state index in [0.717, 1.165) is 0 Å². The summed E-state index contributed by atoms with van der Waals surface area (Å²) >= 11 is 0. The van der Waals surface area contributed by atoms with Gasteiger partial charge in [0.25, 0.3) is 0 Å². The van der Waals surface area contributed by atoms with Crippen LogP contribution in [0.25, 0.3) is 0 Å². The summed E-state index contributed by atoms with van der Waals surface area (Å²) in [7, 11) is 0. The minimum absolute atomic E-state index is 0.209. The Bertz CT molecular complexity index is 187. The molecule has 0 aliphatic heterocycles. The number of carbonyl (C=O) groups is 1. The third kappa shape index (κ3) is 3.87. The second-order valence-corrected chi connectivity index (χ2v) is 3.08. The first-order valence-corrected chi connectivity index (χ1v) is 4.26. The summed E-state index contributed by atoms with van der Waals surface area (Å²) in [6.07, 6.45) is 2.73. The van der Waals surface area contributed by atoms with Crippen molar-refractivity contribution in [3.63, 3.8) is 0 Å². The van der Waals surface area contributed by atoms with Crippen molar-refractivity contribution in [3.05, 3.63) is 12.2 Å². The van der Waals surface area contributed by atoms with E-state index in [1.807, 2.05) is 0 Å². The van der Waals surface area contributed by atoms with Crippen LogP contribution in [0.1, 0.15) is 6.92 Å². The van der Waals surface area contributed by atoms with Crippen molar-refractivity contribution in [3.8, 4) is 0 Å². The highest BCUT2D eigenvalue weighted by Crippen LogP contribution is 2.14. The van der Waals surface area contributed by atoms with E-state index in [1.165, 1.54) is 12.2 Å². The number of aliphatic hydroxyl groups is 3. The van der Waals surface area contributed by atoms with Gasteiger partial charge in [0.1, 0.15) is 6.61 Å². The van der Waals surface area contributed by atoms with E-state index in [0.29, 0.717) is 0 Å². The van der Waals surface area contributed by atoms with Crippen LogP contribution in [0, 0.1) is 5.41 Å². The first kappa shape index (κ1) is 13.1. The van der Waals surface area contributed by atoms with Gasteiger partial charge in [0.15, 0.2) is 0 Å². The molecule has 0 aliphatic carbocycles. The van der Waals surface area contributed by atoms with Gasteiger partial charge in [0, 0.05) is 6.08 Å². The molecule has 82 valence electrons. The average Bonchev–Trinajstić information content (AvgIpc) is 2.21. The van der Waals surface area contributed by atoms with Gasteiger partial charge in [-0.25, -0.2) is 4.79 Å². The van der Waals surface area contributed by atoms with Crippen LogP contribution in [-0.4, -0.2) is 47.7 Å². The molecule has 0 aliphatic rings. The lowest BCUT2D eigenvalue weighted by atomic mass is 9.93. The zero-order valence-electron chi connectivity index (χ0n) is 8.14. The zero-order chi connectivity index (χ0) is 11.0. The molecule has 0 saturated heterocycles. The Hall–Kier alpha value is -0.910. The highest BCUT2D eigenvalue weighted by atomic mass is 16.5. The molecule has 14 heavy (non-hydrogen) atoms. The molecule has 0 bridgehead atoms. The van der Waals surface area contributed by atoms with Gasteiger partial charge in [-0.15, -0.1) is 0 Å². The predicted molar refractivity (Wildman–Crippen MR) is 49.5 cm³/mol. The van der Waals surface area contributed by atoms with Gasteiger partial charge in [0.05, 0.1) is 25.2 Å². The minimum Gasteiger partial charge on any atom is -0.462 e. The molecule has 5 heteroatoms. The highest BCUT2D eigenvalue weighted by molar-refractivity contribution is 5.81. The Morgan fingerprint density at radius 3 is 2.14 bits per heavy atom. The maximum Gasteiger partial charge on any atom is 0.330 e. The Morgan fingerprint density at radius 2 is 1.79 bits per heavy atom. The summed E-state index contributed by atoms with van der Waals surface area (Å²) in [5.41, 5.74) is -1.16. The fraction of sp³-hybridized carbons (Fsp3) is 0.667. The molecule has 0 heterocycles. The smallest absolute Gasteiger partial charge is 0.330 e. The normalized spacial score (nSPS) is 12.0. The van der Waals surface area contributed by atoms with Gasteiger partial charge in [-0.3, -0.25) is 0 Å². The Balaban J connectivity index is 4.12. The molecule has 3 N–H and O–H groups in total. The van der Waals surface area contributed by atoms with Crippen LogP contribution in [0.5, 0.6) is 0 Å². The lowest BCUT2D eigenvalue weighted by Crippen LogP contribution is -2.39. The number of aliphatic hydroxyl groups excluding tert-OH is 3. The van der Waals surface area contributed by atoms with E-state index >= 15 is 0 Å². The van der Waals surface area contributed by atoms with Crippen LogP contribution in [0.3, 0.4) is 0 Å². The molecule has 0 rings (SSSR count). The maximum absolute atomic E-state index is 10.9. The van der Waals surface area contributed by atoms with Crippen LogP contribution in [-0.2, 0) is 9.53 Å². The fourth-order valence-electron chi connectivity index (χ4n) is 0.695. The third-order valence-corrected chi connectivity index (χ3v) is 1.83. The number of hydrogen-bond acceptors (Lipinski definition) is 5. The van der Waals surface area contributed by atoms with E-state index < -0.39 is 31.2 Å². The quantitative estimate of drug-likeness (QED) is 0.384. The van der Waals surface area contributed by atoms with Gasteiger partial charge in [-0.2, -0.15) is 0 Å². The van der Waals surface area contributed by atoms with Crippen LogP contribution >= 0.6 is 0 Å². The average molecular weight is 204 g/mol. The lowest BCUT2D eigenvalue weighted by molar-refractivity contribution is -0.145. The molecule has 5 nitrogen and oxygen atoms in total. The van der Waals surface area contributed by atoms with Crippen molar-refractivity contribution >= 4 is 5.97 Å². The molecule has 0 aromatic carbocycles. The summed E-state index contributed by atoms with van der Waals surface area (Å²) in [6.45, 7) is 0.133. The molecular weight excluding hydrogens is 188 g/mol.